The Morgan fingerprint density at radius 1 is 0.333 bits per heavy atom. The van der Waals surface area contributed by atoms with E-state index in [1.807, 2.05) is 0 Å². The van der Waals surface area contributed by atoms with E-state index in [1.54, 1.807) is 0 Å². The summed E-state index contributed by atoms with van der Waals surface area (Å²) in [7, 11) is -6.49. The van der Waals surface area contributed by atoms with E-state index in [0.29, 0.717) is 9.13 Å². The van der Waals surface area contributed by atoms with Crippen LogP contribution in [0.5, 0.6) is 0 Å². The lowest BCUT2D eigenvalue weighted by atomic mass is 10.1. The quantitative estimate of drug-likeness (QED) is 0.113. The first kappa shape index (κ1) is 15.9. The van der Waals surface area contributed by atoms with Gasteiger partial charge in [-0.2, -0.15) is 15.0 Å². The first-order chi connectivity index (χ1) is 45.4. The Bertz CT molecular complexity index is 5170. The van der Waals surface area contributed by atoms with Crippen molar-refractivity contribution in [2.45, 2.75) is 0 Å². The molecule has 0 unspecified atom stereocenters. The summed E-state index contributed by atoms with van der Waals surface area (Å²) in [6.07, 6.45) is 0. The zero-order valence-corrected chi connectivity index (χ0v) is 32.6. The van der Waals surface area contributed by atoms with Crippen molar-refractivity contribution in [2.24, 2.45) is 0 Å². The molecule has 0 bridgehead atoms. The van der Waals surface area contributed by atoms with Crippen LogP contribution in [0.1, 0.15) is 46.6 Å². The number of fused-ring (bicyclic) bond motifs is 6. The third kappa shape index (κ3) is 5.95. The minimum absolute atomic E-state index is 0.0441. The molecule has 5 nitrogen and oxygen atoms in total. The van der Waals surface area contributed by atoms with Crippen LogP contribution in [0.4, 0.5) is 0 Å². The van der Waals surface area contributed by atoms with Crippen molar-refractivity contribution in [3.63, 3.8) is 0 Å². The summed E-state index contributed by atoms with van der Waals surface area (Å²) >= 11 is 0. The van der Waals surface area contributed by atoms with Crippen LogP contribution < -0.4 is 20.7 Å². The lowest BCUT2D eigenvalue weighted by Gasteiger charge is -2.34. The molecule has 0 N–H and O–H groups in total. The Morgan fingerprint density at radius 3 is 1.22 bits per heavy atom. The molecule has 0 saturated carbocycles. The first-order valence-electron chi connectivity index (χ1n) is 35.6. The van der Waals surface area contributed by atoms with Crippen molar-refractivity contribution in [3.05, 3.63) is 236 Å². The number of rotatable bonds is 8. The zero-order chi connectivity index (χ0) is 71.3. The molecule has 296 valence electrons. The summed E-state index contributed by atoms with van der Waals surface area (Å²) in [6, 6.07) is -29.9. The minimum Gasteiger partial charge on any atom is -0.278 e. The van der Waals surface area contributed by atoms with E-state index in [0.717, 1.165) is 0 Å². The summed E-state index contributed by atoms with van der Waals surface area (Å²) in [5.41, 5.74) is -4.53. The molecule has 0 atom stereocenters. The van der Waals surface area contributed by atoms with Crippen LogP contribution in [0.15, 0.2) is 236 Å². The van der Waals surface area contributed by atoms with Gasteiger partial charge in [-0.15, -0.1) is 0 Å². The van der Waals surface area contributed by atoms with Crippen molar-refractivity contribution in [2.75, 3.05) is 0 Å². The fourth-order valence-corrected chi connectivity index (χ4v) is 11.0. The van der Waals surface area contributed by atoms with Gasteiger partial charge in [0.05, 0.1) is 68.7 Å². The number of hydrogen-bond acceptors (Lipinski definition) is 3. The molecular weight excluding hydrogens is 783 g/mol. The molecule has 0 aliphatic carbocycles. The van der Waals surface area contributed by atoms with Crippen molar-refractivity contribution in [1.82, 2.24) is 24.1 Å². The average Bonchev–Trinajstić information content (AvgIpc) is 1.56. The van der Waals surface area contributed by atoms with Crippen LogP contribution in [0, 0.1) is 0 Å². The van der Waals surface area contributed by atoms with E-state index in [-0.39, 0.29) is 5.56 Å². The van der Waals surface area contributed by atoms with Gasteiger partial charge in [-0.25, -0.2) is 0 Å². The maximum atomic E-state index is 10.4. The van der Waals surface area contributed by atoms with Gasteiger partial charge in [-0.05, 0) is 56.0 Å². The molecule has 0 radical (unpaired) electrons. The van der Waals surface area contributed by atoms with Crippen LogP contribution >= 0.6 is 0 Å². The molecule has 12 aromatic rings. The van der Waals surface area contributed by atoms with Gasteiger partial charge in [0.1, 0.15) is 0 Å². The van der Waals surface area contributed by atoms with Crippen LogP contribution in [0.25, 0.3) is 78.0 Å². The lowest BCUT2D eigenvalue weighted by molar-refractivity contribution is 0.893. The smallest absolute Gasteiger partial charge is 0.240 e. The summed E-state index contributed by atoms with van der Waals surface area (Å²) < 4.78 is 318. The third-order valence-electron chi connectivity index (χ3n) is 10.1. The highest BCUT2D eigenvalue weighted by Crippen LogP contribution is 2.34. The predicted molar refractivity (Wildman–Crippen MR) is 263 cm³/mol. The van der Waals surface area contributed by atoms with E-state index in [9.17, 15) is 21.9 Å². The molecule has 0 aliphatic heterocycles. The third-order valence-corrected chi connectivity index (χ3v) is 14.1. The highest BCUT2D eigenvalue weighted by Gasteiger charge is 2.41. The molecular formula is C57H39N5Si. The van der Waals surface area contributed by atoms with E-state index in [1.165, 1.54) is 30.3 Å². The second kappa shape index (κ2) is 15.1. The van der Waals surface area contributed by atoms with Gasteiger partial charge in [0.25, 0.3) is 0 Å². The summed E-state index contributed by atoms with van der Waals surface area (Å²) in [6.45, 7) is 0. The molecule has 0 aliphatic rings. The topological polar surface area (TPSA) is 48.5 Å². The Labute approximate surface area is 413 Å². The van der Waals surface area contributed by atoms with Crippen LogP contribution in [0.3, 0.4) is 0 Å². The molecule has 3 aromatic heterocycles. The Kier molecular flexibility index (Phi) is 3.81. The van der Waals surface area contributed by atoms with Crippen molar-refractivity contribution in [3.8, 4) is 34.4 Å². The number of benzene rings is 9. The maximum Gasteiger partial charge on any atom is 0.240 e. The van der Waals surface area contributed by atoms with Crippen LogP contribution in [-0.4, -0.2) is 32.2 Å². The fraction of sp³-hybridized carbons (Fsp3) is 0. The van der Waals surface area contributed by atoms with Gasteiger partial charge in [0.2, 0.25) is 11.9 Å². The Hall–Kier alpha value is -8.19. The van der Waals surface area contributed by atoms with E-state index < -0.39 is 307 Å². The van der Waals surface area contributed by atoms with Gasteiger partial charge in [0.15, 0.2) is 13.9 Å². The number of hydrogen-bond donors (Lipinski definition) is 0. The SMILES string of the molecule is [2H]c1c([2H])c([2H])c([Si](c2c([2H])c([2H])c([2H])c([2H])c2[2H])(c2c([2H])c([2H])c(-c3nc(-n4c5c([2H])c([2H])c([2H])c([2H])c5c5c([2H])c([2H])c([2H])c([2H])c54)nc(-n4c5c([2H])c([2H])c([2H])c([2H])c5c5c([2H])c([2H])c([2H])c([2H])c54)n3)c([2H])c2[2H])c2c([2H])c([2H])c([2H])c(-c3ccccc3)c2[2H])c([2H])c1[2H]. The normalized spacial score (nSPS) is 19.4. The molecule has 0 spiro atoms. The lowest BCUT2D eigenvalue weighted by Crippen LogP contribution is -2.74. The molecule has 0 amide bonds. The van der Waals surface area contributed by atoms with Crippen molar-refractivity contribution in [1.29, 1.82) is 0 Å². The average molecular weight is 856 g/mol. The Balaban J connectivity index is 1.37. The van der Waals surface area contributed by atoms with Crippen LogP contribution in [-0.2, 0) is 0 Å². The second-order valence-electron chi connectivity index (χ2n) is 13.4. The zero-order valence-electron chi connectivity index (χ0n) is 65.6. The molecule has 9 aromatic carbocycles. The number of para-hydroxylation sites is 4. The van der Waals surface area contributed by atoms with Gasteiger partial charge < -0.3 is 0 Å². The highest BCUT2D eigenvalue weighted by atomic mass is 28.3. The molecule has 0 saturated heterocycles. The van der Waals surface area contributed by atoms with Crippen molar-refractivity contribution >= 4 is 72.4 Å². The molecule has 0 fully saturated rings. The van der Waals surface area contributed by atoms with Crippen LogP contribution in [0.2, 0.25) is 0 Å². The summed E-state index contributed by atoms with van der Waals surface area (Å²) in [5.74, 6) is -3.23. The second-order valence-corrected chi connectivity index (χ2v) is 16.9. The standard InChI is InChI=1S/C57H39N5Si/c1-4-19-40(20-5-1)42-21-18-26-46(39-42)63(43-22-6-2-7-23-43,44-24-8-3-9-25-44)45-37-35-41(36-38-45)55-58-56(61-51-31-14-10-27-47(51)48-28-11-15-32-52(48)61)60-57(59-55)62-53-33-16-12-29-49(53)50-30-13-17-34-54(50)62/h1-39H/i2D,3D,6D,7D,8D,9D,10D,11D,12D,13D,14D,15D,16D,17D,18D,21D,22D,23D,24D,25D,26D,27D,28D,29D,30D,31D,32D,33D,34D,35D,36D,37D,38D,39D. The maximum absolute atomic E-state index is 10.4. The minimum atomic E-state index is -6.49. The molecule has 3 heterocycles. The number of nitrogens with zero attached hydrogens (tertiary/aromatic N) is 5. The first-order valence-corrected chi connectivity index (χ1v) is 20.6. The number of aromatic nitrogens is 5. The highest BCUT2D eigenvalue weighted by molar-refractivity contribution is 7.19. The monoisotopic (exact) mass is 856 g/mol. The Morgan fingerprint density at radius 2 is 0.746 bits per heavy atom. The summed E-state index contributed by atoms with van der Waals surface area (Å²) in [4.78, 5) is 13.7. The van der Waals surface area contributed by atoms with Gasteiger partial charge in [0, 0.05) is 27.1 Å². The molecule has 6 heteroatoms. The van der Waals surface area contributed by atoms with Gasteiger partial charge >= 0.3 is 0 Å². The van der Waals surface area contributed by atoms with Gasteiger partial charge in [-0.3, -0.25) is 9.13 Å². The molecule has 12 rings (SSSR count). The summed E-state index contributed by atoms with van der Waals surface area (Å²) in [5, 5.41) is -6.90. The van der Waals surface area contributed by atoms with E-state index in [2.05, 4.69) is 15.0 Å². The molecule has 63 heavy (non-hydrogen) atoms. The fourth-order valence-electron chi connectivity index (χ4n) is 7.42. The largest absolute Gasteiger partial charge is 0.278 e. The van der Waals surface area contributed by atoms with Gasteiger partial charge in [-0.1, -0.05) is 212 Å². The van der Waals surface area contributed by atoms with E-state index >= 15 is 0 Å². The van der Waals surface area contributed by atoms with Crippen molar-refractivity contribution < 1.29 is 46.6 Å². The predicted octanol–water partition coefficient (Wildman–Crippen LogP) is 10.8. The van der Waals surface area contributed by atoms with E-state index in [4.69, 9.17) is 24.7 Å².